The summed E-state index contributed by atoms with van der Waals surface area (Å²) in [7, 11) is 1.59. The van der Waals surface area contributed by atoms with Crippen molar-refractivity contribution in [2.24, 2.45) is 0 Å². The molecule has 0 saturated carbocycles. The van der Waals surface area contributed by atoms with E-state index in [2.05, 4.69) is 10.2 Å². The van der Waals surface area contributed by atoms with Gasteiger partial charge in [-0.2, -0.15) is 9.90 Å². The van der Waals surface area contributed by atoms with Crippen molar-refractivity contribution >= 4 is 16.8 Å². The standard InChI is InChI=1S/C11H10ClN3O2/c1-7-10(11(12)16)14-15(13-7)8-3-5-9(17-2)6-4-8/h3-6H,1-2H3. The van der Waals surface area contributed by atoms with Gasteiger partial charge in [0.1, 0.15) is 5.75 Å². The molecule has 6 heteroatoms. The minimum Gasteiger partial charge on any atom is -0.497 e. The molecule has 1 aromatic heterocycles. The zero-order chi connectivity index (χ0) is 12.4. The van der Waals surface area contributed by atoms with E-state index in [9.17, 15) is 4.79 Å². The van der Waals surface area contributed by atoms with E-state index in [1.165, 1.54) is 4.80 Å². The molecule has 0 unspecified atom stereocenters. The summed E-state index contributed by atoms with van der Waals surface area (Å²) in [4.78, 5) is 12.4. The minimum absolute atomic E-state index is 0.169. The summed E-state index contributed by atoms with van der Waals surface area (Å²) in [6, 6.07) is 7.16. The summed E-state index contributed by atoms with van der Waals surface area (Å²) in [6.07, 6.45) is 0. The fraction of sp³-hybridized carbons (Fsp3) is 0.182. The topological polar surface area (TPSA) is 57.0 Å². The maximum atomic E-state index is 11.0. The van der Waals surface area contributed by atoms with Crippen molar-refractivity contribution in [2.45, 2.75) is 6.92 Å². The molecule has 0 saturated heterocycles. The number of hydrogen-bond donors (Lipinski definition) is 0. The first kappa shape index (κ1) is 11.6. The Kier molecular flexibility index (Phi) is 3.10. The van der Waals surface area contributed by atoms with Crippen LogP contribution in [0.5, 0.6) is 5.75 Å². The van der Waals surface area contributed by atoms with Gasteiger partial charge >= 0.3 is 0 Å². The average Bonchev–Trinajstić information content (AvgIpc) is 2.71. The van der Waals surface area contributed by atoms with Crippen LogP contribution in [0.2, 0.25) is 0 Å². The number of nitrogens with zero attached hydrogens (tertiary/aromatic N) is 3. The van der Waals surface area contributed by atoms with Crippen molar-refractivity contribution in [3.8, 4) is 11.4 Å². The number of rotatable bonds is 3. The predicted molar refractivity (Wildman–Crippen MR) is 62.8 cm³/mol. The van der Waals surface area contributed by atoms with Gasteiger partial charge in [-0.05, 0) is 42.8 Å². The predicted octanol–water partition coefficient (Wildman–Crippen LogP) is 1.96. The molecule has 5 nitrogen and oxygen atoms in total. The second-order valence-corrected chi connectivity index (χ2v) is 3.74. The van der Waals surface area contributed by atoms with Crippen molar-refractivity contribution in [1.29, 1.82) is 0 Å². The van der Waals surface area contributed by atoms with E-state index in [0.29, 0.717) is 5.69 Å². The molecule has 1 aromatic carbocycles. The summed E-state index contributed by atoms with van der Waals surface area (Å²) >= 11 is 5.38. The van der Waals surface area contributed by atoms with E-state index in [1.54, 1.807) is 38.3 Å². The first-order valence-corrected chi connectivity index (χ1v) is 5.28. The van der Waals surface area contributed by atoms with E-state index in [-0.39, 0.29) is 5.69 Å². The van der Waals surface area contributed by atoms with Gasteiger partial charge in [0, 0.05) is 0 Å². The lowest BCUT2D eigenvalue weighted by Gasteiger charge is -2.01. The normalized spacial score (nSPS) is 10.3. The highest BCUT2D eigenvalue weighted by Crippen LogP contribution is 2.15. The fourth-order valence-electron chi connectivity index (χ4n) is 1.39. The number of carbonyl (C=O) groups is 1. The van der Waals surface area contributed by atoms with Crippen molar-refractivity contribution in [1.82, 2.24) is 15.0 Å². The van der Waals surface area contributed by atoms with Crippen LogP contribution in [-0.2, 0) is 0 Å². The van der Waals surface area contributed by atoms with Crippen LogP contribution in [0, 0.1) is 6.92 Å². The van der Waals surface area contributed by atoms with Crippen LogP contribution < -0.4 is 4.74 Å². The van der Waals surface area contributed by atoms with Crippen molar-refractivity contribution in [3.63, 3.8) is 0 Å². The second-order valence-electron chi connectivity index (χ2n) is 3.40. The number of hydrogen-bond acceptors (Lipinski definition) is 4. The van der Waals surface area contributed by atoms with Crippen molar-refractivity contribution in [2.75, 3.05) is 7.11 Å². The monoisotopic (exact) mass is 251 g/mol. The molecule has 0 spiro atoms. The molecule has 0 N–H and O–H groups in total. The van der Waals surface area contributed by atoms with Gasteiger partial charge in [-0.1, -0.05) is 0 Å². The zero-order valence-electron chi connectivity index (χ0n) is 9.35. The summed E-state index contributed by atoms with van der Waals surface area (Å²) < 4.78 is 5.05. The molecule has 0 bridgehead atoms. The quantitative estimate of drug-likeness (QED) is 0.783. The molecule has 1 heterocycles. The van der Waals surface area contributed by atoms with Crippen LogP contribution in [0.3, 0.4) is 0 Å². The van der Waals surface area contributed by atoms with Crippen molar-refractivity contribution in [3.05, 3.63) is 35.7 Å². The van der Waals surface area contributed by atoms with Gasteiger partial charge in [-0.3, -0.25) is 4.79 Å². The Balaban J connectivity index is 2.39. The van der Waals surface area contributed by atoms with E-state index in [4.69, 9.17) is 16.3 Å². The molecule has 0 amide bonds. The molecule has 0 atom stereocenters. The molecule has 0 aliphatic rings. The lowest BCUT2D eigenvalue weighted by molar-refractivity contribution is 0.107. The summed E-state index contributed by atoms with van der Waals surface area (Å²) in [5.41, 5.74) is 1.40. The van der Waals surface area contributed by atoms with Crippen LogP contribution in [0.25, 0.3) is 5.69 Å². The fourth-order valence-corrected chi connectivity index (χ4v) is 1.57. The third-order valence-corrected chi connectivity index (χ3v) is 2.45. The Bertz CT molecular complexity index is 548. The highest BCUT2D eigenvalue weighted by Gasteiger charge is 2.13. The van der Waals surface area contributed by atoms with E-state index < -0.39 is 5.24 Å². The third kappa shape index (κ3) is 2.29. The largest absolute Gasteiger partial charge is 0.497 e. The van der Waals surface area contributed by atoms with Gasteiger partial charge in [0.2, 0.25) is 0 Å². The van der Waals surface area contributed by atoms with Crippen LogP contribution in [0.4, 0.5) is 0 Å². The first-order valence-electron chi connectivity index (χ1n) is 4.90. The summed E-state index contributed by atoms with van der Waals surface area (Å²) in [5.74, 6) is 0.742. The molecular formula is C11H10ClN3O2. The first-order chi connectivity index (χ1) is 8.11. The number of ether oxygens (including phenoxy) is 1. The summed E-state index contributed by atoms with van der Waals surface area (Å²) in [6.45, 7) is 1.68. The van der Waals surface area contributed by atoms with Crippen LogP contribution in [-0.4, -0.2) is 27.3 Å². The molecule has 2 rings (SSSR count). The molecule has 0 fully saturated rings. The SMILES string of the molecule is COc1ccc(-n2nc(C)c(C(=O)Cl)n2)cc1. The Hall–Kier alpha value is -1.88. The number of benzene rings is 1. The third-order valence-electron chi connectivity index (χ3n) is 2.27. The highest BCUT2D eigenvalue weighted by atomic mass is 35.5. The lowest BCUT2D eigenvalue weighted by atomic mass is 10.3. The summed E-state index contributed by atoms with van der Waals surface area (Å²) in [5, 5.41) is 7.53. The molecular weight excluding hydrogens is 242 g/mol. The van der Waals surface area contributed by atoms with Gasteiger partial charge in [0.05, 0.1) is 18.5 Å². The Morgan fingerprint density at radius 1 is 1.29 bits per heavy atom. The van der Waals surface area contributed by atoms with Gasteiger partial charge in [-0.25, -0.2) is 0 Å². The van der Waals surface area contributed by atoms with Crippen LogP contribution in [0.15, 0.2) is 24.3 Å². The Morgan fingerprint density at radius 2 is 1.94 bits per heavy atom. The van der Waals surface area contributed by atoms with Gasteiger partial charge in [-0.15, -0.1) is 5.10 Å². The Labute approximate surface area is 103 Å². The maximum absolute atomic E-state index is 11.0. The van der Waals surface area contributed by atoms with Crippen molar-refractivity contribution < 1.29 is 9.53 Å². The number of aromatic nitrogens is 3. The molecule has 0 radical (unpaired) electrons. The number of carbonyl (C=O) groups excluding carboxylic acids is 1. The second kappa shape index (κ2) is 4.55. The lowest BCUT2D eigenvalue weighted by Crippen LogP contribution is -2.00. The van der Waals surface area contributed by atoms with E-state index >= 15 is 0 Å². The van der Waals surface area contributed by atoms with Gasteiger partial charge in [0.25, 0.3) is 5.24 Å². The molecule has 17 heavy (non-hydrogen) atoms. The van der Waals surface area contributed by atoms with Gasteiger partial charge in [0.15, 0.2) is 5.69 Å². The van der Waals surface area contributed by atoms with Crippen LogP contribution in [0.1, 0.15) is 16.2 Å². The number of halogens is 1. The van der Waals surface area contributed by atoms with E-state index in [1.807, 2.05) is 0 Å². The molecule has 2 aromatic rings. The van der Waals surface area contributed by atoms with Gasteiger partial charge < -0.3 is 4.74 Å². The maximum Gasteiger partial charge on any atom is 0.274 e. The minimum atomic E-state index is -0.609. The molecule has 0 aliphatic heterocycles. The zero-order valence-corrected chi connectivity index (χ0v) is 10.1. The van der Waals surface area contributed by atoms with Crippen LogP contribution >= 0.6 is 11.6 Å². The number of aryl methyl sites for hydroxylation is 1. The molecule has 0 aliphatic carbocycles. The van der Waals surface area contributed by atoms with E-state index in [0.717, 1.165) is 11.4 Å². The average molecular weight is 252 g/mol. The Morgan fingerprint density at radius 3 is 2.41 bits per heavy atom. The highest BCUT2D eigenvalue weighted by molar-refractivity contribution is 6.67. The molecule has 88 valence electrons. The number of methoxy groups -OCH3 is 1. The smallest absolute Gasteiger partial charge is 0.274 e.